The van der Waals surface area contributed by atoms with E-state index in [1.54, 1.807) is 6.92 Å². The van der Waals surface area contributed by atoms with Gasteiger partial charge in [0.15, 0.2) is 0 Å². The zero-order valence-electron chi connectivity index (χ0n) is 11.8. The quantitative estimate of drug-likeness (QED) is 0.424. The number of benzene rings is 1. The van der Waals surface area contributed by atoms with Crippen molar-refractivity contribution in [3.63, 3.8) is 0 Å². The van der Waals surface area contributed by atoms with E-state index in [0.717, 1.165) is 5.56 Å². The highest BCUT2D eigenvalue weighted by Gasteiger charge is 2.22. The van der Waals surface area contributed by atoms with Crippen molar-refractivity contribution in [3.8, 4) is 0 Å². The summed E-state index contributed by atoms with van der Waals surface area (Å²) in [6.07, 6.45) is -0.573. The van der Waals surface area contributed by atoms with Crippen LogP contribution in [0.2, 0.25) is 0 Å². The maximum atomic E-state index is 11.2. The second-order valence-electron chi connectivity index (χ2n) is 4.50. The van der Waals surface area contributed by atoms with Gasteiger partial charge < -0.3 is 15.3 Å². The lowest BCUT2D eigenvalue weighted by molar-refractivity contribution is -0.135. The molecule has 1 aromatic rings. The summed E-state index contributed by atoms with van der Waals surface area (Å²) in [6.45, 7) is 2.91. The van der Waals surface area contributed by atoms with Crippen molar-refractivity contribution < 1.29 is 24.9 Å². The van der Waals surface area contributed by atoms with Gasteiger partial charge in [-0.3, -0.25) is 9.79 Å². The number of carboxylic acids is 2. The number of hydrogen-bond donors (Lipinski definition) is 3. The fraction of sp³-hybridized carbons (Fsp3) is 0.267. The summed E-state index contributed by atoms with van der Waals surface area (Å²) in [7, 11) is 0. The minimum atomic E-state index is -1.41. The van der Waals surface area contributed by atoms with E-state index in [-0.39, 0.29) is 5.71 Å². The number of aliphatic hydroxyl groups excluding tert-OH is 1. The van der Waals surface area contributed by atoms with E-state index in [2.05, 4.69) is 4.99 Å². The van der Waals surface area contributed by atoms with Crippen molar-refractivity contribution in [3.05, 3.63) is 47.2 Å². The number of rotatable bonds is 6. The Morgan fingerprint density at radius 1 is 1.14 bits per heavy atom. The molecule has 0 amide bonds. The molecule has 1 aromatic carbocycles. The Labute approximate surface area is 122 Å². The van der Waals surface area contributed by atoms with Crippen LogP contribution in [-0.4, -0.2) is 33.0 Å². The average molecular weight is 291 g/mol. The van der Waals surface area contributed by atoms with Crippen molar-refractivity contribution in [1.82, 2.24) is 0 Å². The van der Waals surface area contributed by atoms with Gasteiger partial charge in [0.1, 0.15) is 11.3 Å². The van der Waals surface area contributed by atoms with Gasteiger partial charge in [-0.15, -0.1) is 0 Å². The fourth-order valence-electron chi connectivity index (χ4n) is 1.87. The highest BCUT2D eigenvalue weighted by atomic mass is 16.4. The molecule has 0 spiro atoms. The number of aliphatic hydroxyl groups is 1. The molecule has 0 fully saturated rings. The molecule has 0 heterocycles. The molecule has 0 saturated carbocycles. The highest BCUT2D eigenvalue weighted by Crippen LogP contribution is 2.19. The molecule has 1 atom stereocenters. The summed E-state index contributed by atoms with van der Waals surface area (Å²) in [5, 5.41) is 27.5. The van der Waals surface area contributed by atoms with Crippen LogP contribution in [0.25, 0.3) is 0 Å². The summed E-state index contributed by atoms with van der Waals surface area (Å²) in [5.74, 6) is -3.09. The Morgan fingerprint density at radius 2 is 1.71 bits per heavy atom. The number of aliphatic imine (C=N–C) groups is 1. The first-order valence-corrected chi connectivity index (χ1v) is 6.29. The van der Waals surface area contributed by atoms with Crippen molar-refractivity contribution in [2.45, 2.75) is 26.3 Å². The van der Waals surface area contributed by atoms with Gasteiger partial charge in [-0.2, -0.15) is 0 Å². The molecule has 0 aliphatic heterocycles. The summed E-state index contributed by atoms with van der Waals surface area (Å²) in [6, 6.07) is 8.64. The Balaban J connectivity index is 3.25. The van der Waals surface area contributed by atoms with E-state index in [4.69, 9.17) is 10.2 Å². The zero-order chi connectivity index (χ0) is 16.0. The molecule has 0 aliphatic carbocycles. The maximum absolute atomic E-state index is 11.2. The van der Waals surface area contributed by atoms with Gasteiger partial charge in [0.25, 0.3) is 0 Å². The predicted molar refractivity (Wildman–Crippen MR) is 77.5 cm³/mol. The zero-order valence-corrected chi connectivity index (χ0v) is 11.8. The number of allylic oxidation sites excluding steroid dienone is 1. The van der Waals surface area contributed by atoms with Crippen LogP contribution in [0.5, 0.6) is 0 Å². The molecule has 1 unspecified atom stereocenters. The SMILES string of the molecule is CC(O)=C(C(=O)O)C(CC(=O)O)=NC(C)c1ccccc1. The molecule has 0 aliphatic rings. The maximum Gasteiger partial charge on any atom is 0.340 e. The minimum absolute atomic E-state index is 0.161. The number of carbonyl (C=O) groups is 2. The van der Waals surface area contributed by atoms with Crippen molar-refractivity contribution in [2.75, 3.05) is 0 Å². The number of nitrogens with zero attached hydrogens (tertiary/aromatic N) is 1. The van der Waals surface area contributed by atoms with Gasteiger partial charge in [0, 0.05) is 0 Å². The van der Waals surface area contributed by atoms with E-state index in [0.29, 0.717) is 0 Å². The second-order valence-corrected chi connectivity index (χ2v) is 4.50. The van der Waals surface area contributed by atoms with Crippen LogP contribution >= 0.6 is 0 Å². The first kappa shape index (κ1) is 16.4. The van der Waals surface area contributed by atoms with Crippen molar-refractivity contribution in [1.29, 1.82) is 0 Å². The summed E-state index contributed by atoms with van der Waals surface area (Å²) < 4.78 is 0. The van der Waals surface area contributed by atoms with E-state index < -0.39 is 35.7 Å². The molecule has 0 aromatic heterocycles. The molecule has 0 bridgehead atoms. The predicted octanol–water partition coefficient (Wildman–Crippen LogP) is 2.58. The highest BCUT2D eigenvalue weighted by molar-refractivity contribution is 6.23. The van der Waals surface area contributed by atoms with Crippen molar-refractivity contribution in [2.24, 2.45) is 4.99 Å². The Morgan fingerprint density at radius 3 is 2.14 bits per heavy atom. The van der Waals surface area contributed by atoms with Crippen LogP contribution in [0, 0.1) is 0 Å². The molecule has 1 rings (SSSR count). The van der Waals surface area contributed by atoms with Gasteiger partial charge in [0.05, 0.1) is 18.2 Å². The van der Waals surface area contributed by atoms with Gasteiger partial charge >= 0.3 is 11.9 Å². The average Bonchev–Trinajstić information content (AvgIpc) is 2.37. The lowest BCUT2D eigenvalue weighted by Crippen LogP contribution is -2.19. The van der Waals surface area contributed by atoms with Crippen LogP contribution < -0.4 is 0 Å². The van der Waals surface area contributed by atoms with Gasteiger partial charge in [-0.25, -0.2) is 4.79 Å². The summed E-state index contributed by atoms with van der Waals surface area (Å²) >= 11 is 0. The van der Waals surface area contributed by atoms with Crippen molar-refractivity contribution >= 4 is 17.7 Å². The standard InChI is InChI=1S/C15H17NO5/c1-9(11-6-4-3-5-7-11)16-12(8-13(18)19)14(10(2)17)15(20)21/h3-7,9,17H,8H2,1-2H3,(H,18,19)(H,20,21). The number of aliphatic carboxylic acids is 2. The molecule has 6 heteroatoms. The largest absolute Gasteiger partial charge is 0.512 e. The van der Waals surface area contributed by atoms with Crippen LogP contribution in [0.4, 0.5) is 0 Å². The van der Waals surface area contributed by atoms with Gasteiger partial charge in [-0.05, 0) is 19.4 Å². The third-order valence-electron chi connectivity index (χ3n) is 2.81. The first-order chi connectivity index (χ1) is 9.82. The lowest BCUT2D eigenvalue weighted by atomic mass is 10.0. The molecule has 0 radical (unpaired) electrons. The molecule has 3 N–H and O–H groups in total. The number of carboxylic acid groups (broad SMARTS) is 2. The Kier molecular flexibility index (Phi) is 5.66. The van der Waals surface area contributed by atoms with E-state index in [1.165, 1.54) is 6.92 Å². The van der Waals surface area contributed by atoms with Gasteiger partial charge in [0.2, 0.25) is 0 Å². The van der Waals surface area contributed by atoms with Crippen LogP contribution in [0.1, 0.15) is 31.9 Å². The monoisotopic (exact) mass is 291 g/mol. The van der Waals surface area contributed by atoms with Gasteiger partial charge in [-0.1, -0.05) is 30.3 Å². The minimum Gasteiger partial charge on any atom is -0.512 e. The van der Waals surface area contributed by atoms with E-state index >= 15 is 0 Å². The first-order valence-electron chi connectivity index (χ1n) is 6.29. The van der Waals surface area contributed by atoms with E-state index in [9.17, 15) is 14.7 Å². The molecular weight excluding hydrogens is 274 g/mol. The lowest BCUT2D eigenvalue weighted by Gasteiger charge is -2.12. The molecule has 21 heavy (non-hydrogen) atoms. The van der Waals surface area contributed by atoms with Crippen LogP contribution in [-0.2, 0) is 9.59 Å². The van der Waals surface area contributed by atoms with E-state index in [1.807, 2.05) is 30.3 Å². The summed E-state index contributed by atoms with van der Waals surface area (Å²) in [5.41, 5.74) is 0.187. The normalized spacial score (nSPS) is 14.3. The number of hydrogen-bond acceptors (Lipinski definition) is 4. The summed E-state index contributed by atoms with van der Waals surface area (Å²) in [4.78, 5) is 26.3. The third-order valence-corrected chi connectivity index (χ3v) is 2.81. The Hall–Kier alpha value is -2.63. The molecule has 0 saturated heterocycles. The van der Waals surface area contributed by atoms with Crippen LogP contribution in [0.15, 0.2) is 46.7 Å². The second kappa shape index (κ2) is 7.23. The third kappa shape index (κ3) is 4.76. The fourth-order valence-corrected chi connectivity index (χ4v) is 1.87. The Bertz CT molecular complexity index is 585. The topological polar surface area (TPSA) is 107 Å². The molecular formula is C15H17NO5. The molecule has 6 nitrogen and oxygen atoms in total. The van der Waals surface area contributed by atoms with Crippen LogP contribution in [0.3, 0.4) is 0 Å². The smallest absolute Gasteiger partial charge is 0.340 e. The molecule has 112 valence electrons.